The number of rotatable bonds is 2. The lowest BCUT2D eigenvalue weighted by Crippen LogP contribution is -2.21. The van der Waals surface area contributed by atoms with Crippen LogP contribution in [0.15, 0.2) is 0 Å². The molecule has 1 saturated carbocycles. The number of nitrogens with zero attached hydrogens (tertiary/aromatic N) is 3. The third kappa shape index (κ3) is 2.02. The number of hydrogen-bond acceptors (Lipinski definition) is 4. The molecule has 0 aliphatic heterocycles. The molecule has 100 valence electrons. The van der Waals surface area contributed by atoms with Gasteiger partial charge in [0.25, 0.3) is 5.91 Å². The molecular weight excluding hydrogens is 258 g/mol. The summed E-state index contributed by atoms with van der Waals surface area (Å²) in [7, 11) is 3.56. The van der Waals surface area contributed by atoms with E-state index in [0.29, 0.717) is 5.92 Å². The topological polar surface area (TPSA) is 46.1 Å². The van der Waals surface area contributed by atoms with Crippen molar-refractivity contribution in [3.05, 3.63) is 22.0 Å². The van der Waals surface area contributed by atoms with Crippen LogP contribution in [0.3, 0.4) is 0 Å². The summed E-state index contributed by atoms with van der Waals surface area (Å²) in [6.45, 7) is 4.00. The van der Waals surface area contributed by atoms with Crippen LogP contribution in [0.4, 0.5) is 0 Å². The molecule has 0 aromatic carbocycles. The van der Waals surface area contributed by atoms with Gasteiger partial charge in [-0.1, -0.05) is 0 Å². The number of amides is 1. The van der Waals surface area contributed by atoms with Crippen LogP contribution in [0.1, 0.15) is 45.5 Å². The summed E-state index contributed by atoms with van der Waals surface area (Å²) in [5.74, 6) is 1.54. The second-order valence-electron chi connectivity index (χ2n) is 5.38. The summed E-state index contributed by atoms with van der Waals surface area (Å²) >= 11 is 1.49. The summed E-state index contributed by atoms with van der Waals surface area (Å²) in [5, 5.41) is 1.06. The summed E-state index contributed by atoms with van der Waals surface area (Å²) in [5.41, 5.74) is 2.01. The first-order chi connectivity index (χ1) is 8.99. The smallest absolute Gasteiger partial charge is 0.263 e. The van der Waals surface area contributed by atoms with Crippen molar-refractivity contribution in [1.82, 2.24) is 14.9 Å². The molecule has 0 radical (unpaired) electrons. The van der Waals surface area contributed by atoms with Crippen LogP contribution in [0.25, 0.3) is 10.2 Å². The molecule has 19 heavy (non-hydrogen) atoms. The monoisotopic (exact) mass is 275 g/mol. The molecular formula is C14H17N3OS. The summed E-state index contributed by atoms with van der Waals surface area (Å²) in [6, 6.07) is 0. The molecule has 0 N–H and O–H groups in total. The maximum atomic E-state index is 12.2. The minimum Gasteiger partial charge on any atom is -0.344 e. The Morgan fingerprint density at radius 3 is 2.53 bits per heavy atom. The Kier molecular flexibility index (Phi) is 2.82. The second-order valence-corrected chi connectivity index (χ2v) is 6.38. The molecule has 0 unspecified atom stereocenters. The van der Waals surface area contributed by atoms with Gasteiger partial charge in [-0.05, 0) is 32.3 Å². The van der Waals surface area contributed by atoms with Gasteiger partial charge in [-0.2, -0.15) is 0 Å². The standard InChI is InChI=1S/C14H17N3OS/c1-7-10-8(2)15-12(9-5-6-9)16-13(10)19-11(7)14(18)17(3)4/h9H,5-6H2,1-4H3. The largest absolute Gasteiger partial charge is 0.344 e. The zero-order valence-corrected chi connectivity index (χ0v) is 12.5. The van der Waals surface area contributed by atoms with Crippen molar-refractivity contribution in [2.45, 2.75) is 32.6 Å². The molecule has 1 aliphatic rings. The number of carbonyl (C=O) groups excluding carboxylic acids is 1. The van der Waals surface area contributed by atoms with Gasteiger partial charge in [0.1, 0.15) is 10.7 Å². The quantitative estimate of drug-likeness (QED) is 0.846. The van der Waals surface area contributed by atoms with E-state index >= 15 is 0 Å². The molecule has 3 rings (SSSR count). The molecule has 1 aliphatic carbocycles. The van der Waals surface area contributed by atoms with Crippen LogP contribution in [0, 0.1) is 13.8 Å². The Morgan fingerprint density at radius 1 is 1.26 bits per heavy atom. The fourth-order valence-corrected chi connectivity index (χ4v) is 3.55. The molecule has 0 saturated heterocycles. The van der Waals surface area contributed by atoms with Gasteiger partial charge in [0.2, 0.25) is 0 Å². The summed E-state index contributed by atoms with van der Waals surface area (Å²) in [4.78, 5) is 24.8. The van der Waals surface area contributed by atoms with Gasteiger partial charge in [0.05, 0.1) is 10.6 Å². The average Bonchev–Trinajstić information content (AvgIpc) is 3.13. The fraction of sp³-hybridized carbons (Fsp3) is 0.500. The SMILES string of the molecule is Cc1nc(C2CC2)nc2sc(C(=O)N(C)C)c(C)c12. The number of thiophene rings is 1. The molecule has 4 nitrogen and oxygen atoms in total. The second kappa shape index (κ2) is 4.27. The predicted molar refractivity (Wildman–Crippen MR) is 76.9 cm³/mol. The number of fused-ring (bicyclic) bond motifs is 1. The maximum absolute atomic E-state index is 12.2. The van der Waals surface area contributed by atoms with Crippen molar-refractivity contribution >= 4 is 27.5 Å². The first kappa shape index (κ1) is 12.5. The van der Waals surface area contributed by atoms with Crippen LogP contribution >= 0.6 is 11.3 Å². The highest BCUT2D eigenvalue weighted by molar-refractivity contribution is 7.20. The van der Waals surface area contributed by atoms with Crippen molar-refractivity contribution in [2.75, 3.05) is 14.1 Å². The highest BCUT2D eigenvalue weighted by atomic mass is 32.1. The number of aryl methyl sites for hydroxylation is 2. The average molecular weight is 275 g/mol. The lowest BCUT2D eigenvalue weighted by molar-refractivity contribution is 0.0831. The number of aromatic nitrogens is 2. The fourth-order valence-electron chi connectivity index (χ4n) is 2.29. The number of carbonyl (C=O) groups is 1. The molecule has 2 heterocycles. The van der Waals surface area contributed by atoms with Crippen molar-refractivity contribution in [3.63, 3.8) is 0 Å². The molecule has 1 fully saturated rings. The first-order valence-corrected chi connectivity index (χ1v) is 7.30. The Labute approximate surface area is 116 Å². The van der Waals surface area contributed by atoms with Gasteiger partial charge < -0.3 is 4.90 Å². The van der Waals surface area contributed by atoms with Crippen molar-refractivity contribution in [1.29, 1.82) is 0 Å². The molecule has 0 spiro atoms. The Balaban J connectivity index is 2.19. The van der Waals surface area contributed by atoms with Crippen LogP contribution < -0.4 is 0 Å². The van der Waals surface area contributed by atoms with E-state index in [4.69, 9.17) is 0 Å². The van der Waals surface area contributed by atoms with Crippen molar-refractivity contribution in [3.8, 4) is 0 Å². The van der Waals surface area contributed by atoms with E-state index in [0.717, 1.165) is 32.2 Å². The number of hydrogen-bond donors (Lipinski definition) is 0. The van der Waals surface area contributed by atoms with Crippen molar-refractivity contribution in [2.24, 2.45) is 0 Å². The minimum atomic E-state index is 0.0490. The maximum Gasteiger partial charge on any atom is 0.263 e. The molecule has 5 heteroatoms. The normalized spacial score (nSPS) is 14.9. The van der Waals surface area contributed by atoms with Crippen LogP contribution in [-0.2, 0) is 0 Å². The van der Waals surface area contributed by atoms with E-state index in [2.05, 4.69) is 9.97 Å². The van der Waals surface area contributed by atoms with E-state index in [-0.39, 0.29) is 5.91 Å². The third-order valence-electron chi connectivity index (χ3n) is 3.53. The predicted octanol–water partition coefficient (Wildman–Crippen LogP) is 2.89. The van der Waals surface area contributed by atoms with Gasteiger partial charge >= 0.3 is 0 Å². The van der Waals surface area contributed by atoms with Crippen molar-refractivity contribution < 1.29 is 4.79 Å². The summed E-state index contributed by atoms with van der Waals surface area (Å²) < 4.78 is 0. The zero-order valence-electron chi connectivity index (χ0n) is 11.6. The van der Waals surface area contributed by atoms with E-state index < -0.39 is 0 Å². The highest BCUT2D eigenvalue weighted by Gasteiger charge is 2.28. The van der Waals surface area contributed by atoms with Crippen LogP contribution in [-0.4, -0.2) is 34.9 Å². The lowest BCUT2D eigenvalue weighted by Gasteiger charge is -2.08. The van der Waals surface area contributed by atoms with E-state index in [9.17, 15) is 4.79 Å². The van der Waals surface area contributed by atoms with E-state index in [1.807, 2.05) is 13.8 Å². The van der Waals surface area contributed by atoms with Gasteiger partial charge in [-0.15, -0.1) is 11.3 Å². The van der Waals surface area contributed by atoms with Gasteiger partial charge in [-0.3, -0.25) is 4.79 Å². The molecule has 0 atom stereocenters. The third-order valence-corrected chi connectivity index (χ3v) is 4.70. The molecule has 1 amide bonds. The minimum absolute atomic E-state index is 0.0490. The van der Waals surface area contributed by atoms with Gasteiger partial charge in [0.15, 0.2) is 0 Å². The van der Waals surface area contributed by atoms with Crippen LogP contribution in [0.2, 0.25) is 0 Å². The zero-order chi connectivity index (χ0) is 13.7. The Bertz CT molecular complexity index is 671. The molecule has 2 aromatic heterocycles. The Hall–Kier alpha value is -1.49. The lowest BCUT2D eigenvalue weighted by atomic mass is 10.1. The summed E-state index contributed by atoms with van der Waals surface area (Å²) in [6.07, 6.45) is 2.39. The molecule has 2 aromatic rings. The van der Waals surface area contributed by atoms with E-state index in [1.54, 1.807) is 19.0 Å². The highest BCUT2D eigenvalue weighted by Crippen LogP contribution is 2.40. The van der Waals surface area contributed by atoms with Gasteiger partial charge in [0, 0.05) is 25.4 Å². The first-order valence-electron chi connectivity index (χ1n) is 6.48. The Morgan fingerprint density at radius 2 is 1.95 bits per heavy atom. The van der Waals surface area contributed by atoms with E-state index in [1.165, 1.54) is 24.2 Å². The molecule has 0 bridgehead atoms. The van der Waals surface area contributed by atoms with Gasteiger partial charge in [-0.25, -0.2) is 9.97 Å². The van der Waals surface area contributed by atoms with Crippen LogP contribution in [0.5, 0.6) is 0 Å².